The van der Waals surface area contributed by atoms with Gasteiger partial charge in [0.05, 0.1) is 25.5 Å². The fourth-order valence-electron chi connectivity index (χ4n) is 2.26. The highest BCUT2D eigenvalue weighted by atomic mass is 16.5. The van der Waals surface area contributed by atoms with Crippen LogP contribution >= 0.6 is 0 Å². The molecule has 0 atom stereocenters. The summed E-state index contributed by atoms with van der Waals surface area (Å²) in [7, 11) is 0. The minimum Gasteiger partial charge on any atom is -0.490 e. The largest absolute Gasteiger partial charge is 0.490 e. The number of hydrogen-bond acceptors (Lipinski definition) is 5. The Morgan fingerprint density at radius 3 is 2.38 bits per heavy atom. The molecule has 0 aliphatic heterocycles. The number of benzene rings is 2. The zero-order valence-corrected chi connectivity index (χ0v) is 15.4. The fraction of sp³-hybridized carbons (Fsp3) is 0.300. The SMILES string of the molecule is CCOc1ccc(/C(C)=N\NC(=O)CNc2ccccc2)cc1OCC. The van der Waals surface area contributed by atoms with Crippen LogP contribution in [0.15, 0.2) is 53.6 Å². The number of rotatable bonds is 9. The maximum absolute atomic E-state index is 11.9. The first-order chi connectivity index (χ1) is 12.6. The van der Waals surface area contributed by atoms with Crippen molar-refractivity contribution < 1.29 is 14.3 Å². The van der Waals surface area contributed by atoms with E-state index >= 15 is 0 Å². The molecule has 26 heavy (non-hydrogen) atoms. The standard InChI is InChI=1S/C20H25N3O3/c1-4-25-18-12-11-16(13-19(18)26-5-2)15(3)22-23-20(24)14-21-17-9-7-6-8-10-17/h6-13,21H,4-5,14H2,1-3H3,(H,23,24)/b22-15-. The predicted octanol–water partition coefficient (Wildman–Crippen LogP) is 3.44. The summed E-state index contributed by atoms with van der Waals surface area (Å²) >= 11 is 0. The smallest absolute Gasteiger partial charge is 0.259 e. The summed E-state index contributed by atoms with van der Waals surface area (Å²) in [6.07, 6.45) is 0. The molecule has 2 rings (SSSR count). The number of amides is 1. The lowest BCUT2D eigenvalue weighted by molar-refractivity contribution is -0.119. The van der Waals surface area contributed by atoms with Crippen molar-refractivity contribution in [2.75, 3.05) is 25.1 Å². The zero-order valence-electron chi connectivity index (χ0n) is 15.4. The minimum atomic E-state index is -0.218. The summed E-state index contributed by atoms with van der Waals surface area (Å²) in [6.45, 7) is 6.93. The van der Waals surface area contributed by atoms with Gasteiger partial charge in [0.2, 0.25) is 0 Å². The monoisotopic (exact) mass is 355 g/mol. The van der Waals surface area contributed by atoms with Gasteiger partial charge in [-0.1, -0.05) is 18.2 Å². The van der Waals surface area contributed by atoms with E-state index in [1.54, 1.807) is 0 Å². The van der Waals surface area contributed by atoms with E-state index in [1.807, 2.05) is 69.3 Å². The van der Waals surface area contributed by atoms with E-state index in [-0.39, 0.29) is 12.5 Å². The van der Waals surface area contributed by atoms with Crippen molar-refractivity contribution in [1.82, 2.24) is 5.43 Å². The Labute approximate surface area is 154 Å². The highest BCUT2D eigenvalue weighted by Crippen LogP contribution is 2.28. The molecule has 0 saturated heterocycles. The molecule has 138 valence electrons. The second-order valence-corrected chi connectivity index (χ2v) is 5.48. The van der Waals surface area contributed by atoms with Gasteiger partial charge in [-0.25, -0.2) is 5.43 Å². The molecule has 0 bridgehead atoms. The van der Waals surface area contributed by atoms with Gasteiger partial charge in [-0.05, 0) is 51.1 Å². The molecule has 6 heteroatoms. The molecule has 1 amide bonds. The summed E-state index contributed by atoms with van der Waals surface area (Å²) in [5, 5.41) is 7.20. The highest BCUT2D eigenvalue weighted by molar-refractivity contribution is 5.99. The van der Waals surface area contributed by atoms with Gasteiger partial charge in [-0.2, -0.15) is 5.10 Å². The summed E-state index contributed by atoms with van der Waals surface area (Å²) in [4.78, 5) is 11.9. The van der Waals surface area contributed by atoms with Crippen LogP contribution in [-0.4, -0.2) is 31.4 Å². The van der Waals surface area contributed by atoms with Crippen molar-refractivity contribution in [3.63, 3.8) is 0 Å². The minimum absolute atomic E-state index is 0.147. The molecule has 0 fully saturated rings. The Balaban J connectivity index is 1.97. The van der Waals surface area contributed by atoms with Gasteiger partial charge in [0, 0.05) is 11.3 Å². The Bertz CT molecular complexity index is 745. The third kappa shape index (κ3) is 5.81. The van der Waals surface area contributed by atoms with Crippen LogP contribution in [0.25, 0.3) is 0 Å². The van der Waals surface area contributed by atoms with Gasteiger partial charge in [0.25, 0.3) is 5.91 Å². The number of nitrogens with one attached hydrogen (secondary N) is 2. The fourth-order valence-corrected chi connectivity index (χ4v) is 2.26. The molecule has 0 unspecified atom stereocenters. The highest BCUT2D eigenvalue weighted by Gasteiger charge is 2.08. The number of ether oxygens (including phenoxy) is 2. The molecule has 0 radical (unpaired) electrons. The van der Waals surface area contributed by atoms with Gasteiger partial charge in [-0.15, -0.1) is 0 Å². The molecule has 0 aliphatic rings. The van der Waals surface area contributed by atoms with Crippen molar-refractivity contribution in [2.24, 2.45) is 5.10 Å². The van der Waals surface area contributed by atoms with Crippen LogP contribution in [0, 0.1) is 0 Å². The Hall–Kier alpha value is -3.02. The molecule has 0 heterocycles. The molecule has 2 N–H and O–H groups in total. The van der Waals surface area contributed by atoms with E-state index in [0.29, 0.717) is 30.4 Å². The van der Waals surface area contributed by atoms with E-state index in [0.717, 1.165) is 11.3 Å². The van der Waals surface area contributed by atoms with Crippen LogP contribution in [0.5, 0.6) is 11.5 Å². The lowest BCUT2D eigenvalue weighted by atomic mass is 10.1. The number of carbonyl (C=O) groups is 1. The number of hydrazone groups is 1. The molecular formula is C20H25N3O3. The lowest BCUT2D eigenvalue weighted by Crippen LogP contribution is -2.26. The first kappa shape index (κ1) is 19.3. The van der Waals surface area contributed by atoms with Crippen molar-refractivity contribution >= 4 is 17.3 Å². The van der Waals surface area contributed by atoms with E-state index in [1.165, 1.54) is 0 Å². The number of carbonyl (C=O) groups excluding carboxylic acids is 1. The van der Waals surface area contributed by atoms with Crippen LogP contribution in [0.2, 0.25) is 0 Å². The number of hydrogen-bond donors (Lipinski definition) is 2. The van der Waals surface area contributed by atoms with Crippen LogP contribution in [-0.2, 0) is 4.79 Å². The van der Waals surface area contributed by atoms with Crippen LogP contribution < -0.4 is 20.2 Å². The normalized spacial score (nSPS) is 11.0. The van der Waals surface area contributed by atoms with E-state index in [9.17, 15) is 4.79 Å². The Kier molecular flexibility index (Phi) is 7.49. The third-order valence-corrected chi connectivity index (χ3v) is 3.54. The van der Waals surface area contributed by atoms with Gasteiger partial charge >= 0.3 is 0 Å². The first-order valence-corrected chi connectivity index (χ1v) is 8.66. The van der Waals surface area contributed by atoms with E-state index in [4.69, 9.17) is 9.47 Å². The van der Waals surface area contributed by atoms with Crippen LogP contribution in [0.1, 0.15) is 26.3 Å². The Morgan fingerprint density at radius 2 is 1.69 bits per heavy atom. The zero-order chi connectivity index (χ0) is 18.8. The molecule has 0 saturated carbocycles. The second-order valence-electron chi connectivity index (χ2n) is 5.48. The van der Waals surface area contributed by atoms with Crippen molar-refractivity contribution in [3.05, 3.63) is 54.1 Å². The molecule has 2 aromatic rings. The molecule has 2 aromatic carbocycles. The lowest BCUT2D eigenvalue weighted by Gasteiger charge is -2.12. The predicted molar refractivity (Wildman–Crippen MR) is 104 cm³/mol. The van der Waals surface area contributed by atoms with Gasteiger partial charge in [-0.3, -0.25) is 4.79 Å². The Morgan fingerprint density at radius 1 is 1.00 bits per heavy atom. The first-order valence-electron chi connectivity index (χ1n) is 8.66. The summed E-state index contributed by atoms with van der Waals surface area (Å²) in [5.74, 6) is 1.14. The van der Waals surface area contributed by atoms with Crippen LogP contribution in [0.4, 0.5) is 5.69 Å². The quantitative estimate of drug-likeness (QED) is 0.534. The van der Waals surface area contributed by atoms with Gasteiger partial charge in [0.1, 0.15) is 0 Å². The average molecular weight is 355 g/mol. The summed E-state index contributed by atoms with van der Waals surface area (Å²) in [5.41, 5.74) is 4.98. The maximum Gasteiger partial charge on any atom is 0.259 e. The van der Waals surface area contributed by atoms with Gasteiger partial charge < -0.3 is 14.8 Å². The number of para-hydroxylation sites is 1. The number of nitrogens with zero attached hydrogens (tertiary/aromatic N) is 1. The maximum atomic E-state index is 11.9. The topological polar surface area (TPSA) is 72.0 Å². The van der Waals surface area contributed by atoms with E-state index in [2.05, 4.69) is 15.8 Å². The molecular weight excluding hydrogens is 330 g/mol. The van der Waals surface area contributed by atoms with Gasteiger partial charge in [0.15, 0.2) is 11.5 Å². The van der Waals surface area contributed by atoms with Crippen LogP contribution in [0.3, 0.4) is 0 Å². The number of anilines is 1. The van der Waals surface area contributed by atoms with E-state index < -0.39 is 0 Å². The molecule has 0 aromatic heterocycles. The molecule has 0 aliphatic carbocycles. The summed E-state index contributed by atoms with van der Waals surface area (Å²) < 4.78 is 11.2. The van der Waals surface area contributed by atoms with Crippen molar-refractivity contribution in [3.8, 4) is 11.5 Å². The average Bonchev–Trinajstić information content (AvgIpc) is 2.67. The third-order valence-electron chi connectivity index (χ3n) is 3.54. The van der Waals surface area contributed by atoms with Crippen molar-refractivity contribution in [2.45, 2.75) is 20.8 Å². The molecule has 6 nitrogen and oxygen atoms in total. The summed E-state index contributed by atoms with van der Waals surface area (Å²) in [6, 6.07) is 15.1. The molecule has 0 spiro atoms. The second kappa shape index (κ2) is 10.1. The van der Waals surface area contributed by atoms with Crippen molar-refractivity contribution in [1.29, 1.82) is 0 Å².